The number of thiazole rings is 1. The number of morpholine rings is 1. The number of methoxy groups -OCH3 is 1. The van der Waals surface area contributed by atoms with Gasteiger partial charge in [-0.2, -0.15) is 0 Å². The van der Waals surface area contributed by atoms with Gasteiger partial charge in [0.1, 0.15) is 11.8 Å². The summed E-state index contributed by atoms with van der Waals surface area (Å²) in [5, 5.41) is 10.2. The van der Waals surface area contributed by atoms with Crippen molar-refractivity contribution in [3.05, 3.63) is 35.0 Å². The Labute approximate surface area is 192 Å². The second kappa shape index (κ2) is 10.9. The lowest BCUT2D eigenvalue weighted by molar-refractivity contribution is 0.0357. The highest BCUT2D eigenvalue weighted by Gasteiger charge is 2.14. The van der Waals surface area contributed by atoms with Crippen LogP contribution in [0.5, 0.6) is 11.5 Å². The van der Waals surface area contributed by atoms with Gasteiger partial charge in [0.05, 0.1) is 32.4 Å². The topological polar surface area (TPSA) is 85.5 Å². The van der Waals surface area contributed by atoms with Crippen LogP contribution in [-0.2, 0) is 11.2 Å². The molecule has 172 valence electrons. The quantitative estimate of drug-likeness (QED) is 0.470. The van der Waals surface area contributed by atoms with Crippen LogP contribution >= 0.6 is 11.3 Å². The Kier molecular flexibility index (Phi) is 7.72. The van der Waals surface area contributed by atoms with Crippen LogP contribution in [0.15, 0.2) is 24.7 Å². The zero-order valence-corrected chi connectivity index (χ0v) is 19.6. The third kappa shape index (κ3) is 5.28. The molecule has 32 heavy (non-hydrogen) atoms. The van der Waals surface area contributed by atoms with E-state index in [4.69, 9.17) is 19.6 Å². The number of aryl methyl sites for hydroxylation is 1. The first kappa shape index (κ1) is 22.7. The highest BCUT2D eigenvalue weighted by molar-refractivity contribution is 7.14. The van der Waals surface area contributed by atoms with E-state index in [0.29, 0.717) is 34.5 Å². The lowest BCUT2D eigenvalue weighted by atomic mass is 10.2. The summed E-state index contributed by atoms with van der Waals surface area (Å²) in [6.45, 7) is 7.34. The summed E-state index contributed by atoms with van der Waals surface area (Å²) in [6.07, 6.45) is 7.81. The normalized spacial score (nSPS) is 14.7. The molecule has 1 aliphatic heterocycles. The van der Waals surface area contributed by atoms with Gasteiger partial charge in [0.15, 0.2) is 16.6 Å². The highest BCUT2D eigenvalue weighted by atomic mass is 32.1. The van der Waals surface area contributed by atoms with Crippen molar-refractivity contribution >= 4 is 22.2 Å². The van der Waals surface area contributed by atoms with Gasteiger partial charge in [-0.05, 0) is 25.3 Å². The summed E-state index contributed by atoms with van der Waals surface area (Å²) in [6, 6.07) is 3.70. The molecule has 0 atom stereocenters. The second-order valence-corrected chi connectivity index (χ2v) is 8.95. The summed E-state index contributed by atoms with van der Waals surface area (Å²) < 4.78 is 18.7. The SMILES string of the molecule is CCCCc1cnc(-n2cnc3cc(OCCCN4CCOCC4)c(OC)cc3c2=N)s1. The maximum absolute atomic E-state index is 8.73. The number of hydrogen-bond acceptors (Lipinski definition) is 8. The first-order valence-electron chi connectivity index (χ1n) is 11.2. The Bertz CT molecular complexity index is 1090. The zero-order chi connectivity index (χ0) is 22.3. The van der Waals surface area contributed by atoms with Crippen molar-refractivity contribution in [1.82, 2.24) is 19.4 Å². The predicted octanol–water partition coefficient (Wildman–Crippen LogP) is 3.41. The van der Waals surface area contributed by atoms with Gasteiger partial charge in [-0.1, -0.05) is 13.3 Å². The third-order valence-corrected chi connectivity index (χ3v) is 6.65. The van der Waals surface area contributed by atoms with Crippen molar-refractivity contribution in [3.8, 4) is 16.6 Å². The van der Waals surface area contributed by atoms with Gasteiger partial charge in [-0.25, -0.2) is 9.97 Å². The van der Waals surface area contributed by atoms with Gasteiger partial charge in [0.2, 0.25) is 0 Å². The van der Waals surface area contributed by atoms with Crippen LogP contribution in [0.2, 0.25) is 0 Å². The number of ether oxygens (including phenoxy) is 3. The Morgan fingerprint density at radius 1 is 1.16 bits per heavy atom. The zero-order valence-electron chi connectivity index (χ0n) is 18.8. The van der Waals surface area contributed by atoms with Crippen LogP contribution < -0.4 is 15.0 Å². The summed E-state index contributed by atoms with van der Waals surface area (Å²) >= 11 is 1.61. The van der Waals surface area contributed by atoms with Crippen LogP contribution in [-0.4, -0.2) is 66.0 Å². The lowest BCUT2D eigenvalue weighted by Crippen LogP contribution is -2.37. The van der Waals surface area contributed by atoms with Crippen LogP contribution in [0.25, 0.3) is 16.0 Å². The molecule has 4 rings (SSSR count). The van der Waals surface area contributed by atoms with Gasteiger partial charge >= 0.3 is 0 Å². The average molecular weight is 458 g/mol. The number of hydrogen-bond donors (Lipinski definition) is 1. The minimum absolute atomic E-state index is 0.337. The summed E-state index contributed by atoms with van der Waals surface area (Å²) in [7, 11) is 1.62. The molecule has 1 saturated heterocycles. The predicted molar refractivity (Wildman–Crippen MR) is 125 cm³/mol. The summed E-state index contributed by atoms with van der Waals surface area (Å²) in [4.78, 5) is 12.7. The fourth-order valence-corrected chi connectivity index (χ4v) is 4.67. The molecule has 1 aromatic carbocycles. The van der Waals surface area contributed by atoms with Crippen LogP contribution in [0.3, 0.4) is 0 Å². The molecule has 0 unspecified atom stereocenters. The van der Waals surface area contributed by atoms with Gasteiger partial charge < -0.3 is 14.2 Å². The molecule has 0 aliphatic carbocycles. The molecule has 3 heterocycles. The van der Waals surface area contributed by atoms with E-state index in [2.05, 4.69) is 21.8 Å². The highest BCUT2D eigenvalue weighted by Crippen LogP contribution is 2.31. The average Bonchev–Trinajstić information content (AvgIpc) is 3.29. The standard InChI is InChI=1S/C23H31N5O3S/c1-3-4-6-17-15-25-23(32-17)28-16-26-19-14-21(20(29-2)13-18(19)22(28)24)31-10-5-7-27-8-11-30-12-9-27/h13-16,24H,3-12H2,1-2H3. The first-order valence-corrected chi connectivity index (χ1v) is 12.0. The molecule has 2 aromatic heterocycles. The largest absolute Gasteiger partial charge is 0.493 e. The molecule has 0 bridgehead atoms. The molecule has 0 spiro atoms. The van der Waals surface area contributed by atoms with E-state index in [1.807, 2.05) is 18.3 Å². The molecule has 3 aromatic rings. The molecule has 8 nitrogen and oxygen atoms in total. The van der Waals surface area contributed by atoms with Crippen molar-refractivity contribution in [2.75, 3.05) is 46.6 Å². The maximum atomic E-state index is 8.73. The van der Waals surface area contributed by atoms with E-state index in [1.165, 1.54) is 4.88 Å². The van der Waals surface area contributed by atoms with Gasteiger partial charge in [0.25, 0.3) is 0 Å². The minimum atomic E-state index is 0.337. The molecule has 1 fully saturated rings. The van der Waals surface area contributed by atoms with Crippen LogP contribution in [0.1, 0.15) is 31.1 Å². The molecule has 0 saturated carbocycles. The molecule has 0 radical (unpaired) electrons. The number of nitrogens with one attached hydrogen (secondary N) is 1. The van der Waals surface area contributed by atoms with Gasteiger partial charge in [0, 0.05) is 42.2 Å². The van der Waals surface area contributed by atoms with Gasteiger partial charge in [-0.3, -0.25) is 14.9 Å². The summed E-state index contributed by atoms with van der Waals surface area (Å²) in [5.74, 6) is 1.27. The Balaban J connectivity index is 1.49. The molecular formula is C23H31N5O3S. The number of unbranched alkanes of at least 4 members (excludes halogenated alkanes) is 1. The molecule has 9 heteroatoms. The lowest BCUT2D eigenvalue weighted by Gasteiger charge is -2.26. The van der Waals surface area contributed by atoms with Crippen molar-refractivity contribution in [1.29, 1.82) is 5.41 Å². The Morgan fingerprint density at radius 3 is 2.78 bits per heavy atom. The fraction of sp³-hybridized carbons (Fsp3) is 0.522. The van der Waals surface area contributed by atoms with Crippen LogP contribution in [0.4, 0.5) is 0 Å². The van der Waals surface area contributed by atoms with Crippen molar-refractivity contribution in [3.63, 3.8) is 0 Å². The maximum Gasteiger partial charge on any atom is 0.196 e. The van der Waals surface area contributed by atoms with Crippen LogP contribution in [0, 0.1) is 5.41 Å². The Hall–Kier alpha value is -2.49. The number of rotatable bonds is 10. The fourth-order valence-electron chi connectivity index (χ4n) is 3.74. The van der Waals surface area contributed by atoms with E-state index >= 15 is 0 Å². The molecule has 0 amide bonds. The molecule has 1 N–H and O–H groups in total. The monoisotopic (exact) mass is 457 g/mol. The van der Waals surface area contributed by atoms with E-state index < -0.39 is 0 Å². The van der Waals surface area contributed by atoms with Crippen molar-refractivity contribution in [2.45, 2.75) is 32.6 Å². The Morgan fingerprint density at radius 2 is 2.00 bits per heavy atom. The van der Waals surface area contributed by atoms with Crippen molar-refractivity contribution in [2.24, 2.45) is 0 Å². The first-order chi connectivity index (χ1) is 15.7. The number of benzene rings is 1. The van der Waals surface area contributed by atoms with Crippen molar-refractivity contribution < 1.29 is 14.2 Å². The van der Waals surface area contributed by atoms with E-state index in [-0.39, 0.29) is 0 Å². The number of aromatic nitrogens is 3. The minimum Gasteiger partial charge on any atom is -0.493 e. The second-order valence-electron chi connectivity index (χ2n) is 7.85. The molecular weight excluding hydrogens is 426 g/mol. The van der Waals surface area contributed by atoms with Gasteiger partial charge in [-0.15, -0.1) is 11.3 Å². The van der Waals surface area contributed by atoms with E-state index in [9.17, 15) is 0 Å². The number of fused-ring (bicyclic) bond motifs is 1. The molecule has 1 aliphatic rings. The smallest absolute Gasteiger partial charge is 0.196 e. The van der Waals surface area contributed by atoms with E-state index in [1.54, 1.807) is 29.3 Å². The third-order valence-electron chi connectivity index (χ3n) is 5.59. The summed E-state index contributed by atoms with van der Waals surface area (Å²) in [5.41, 5.74) is 1.04. The van der Waals surface area contributed by atoms with E-state index in [0.717, 1.165) is 63.7 Å². The number of nitrogens with zero attached hydrogens (tertiary/aromatic N) is 4.